The highest BCUT2D eigenvalue weighted by atomic mass is 16.5. The maximum atomic E-state index is 12.7. The minimum Gasteiger partial charge on any atom is -0.496 e. The lowest BCUT2D eigenvalue weighted by Gasteiger charge is -2.34. The number of carbonyl (C=O) groups excluding carboxylic acids is 1. The van der Waals surface area contributed by atoms with E-state index in [1.54, 1.807) is 7.11 Å². The molecule has 0 radical (unpaired) electrons. The van der Waals surface area contributed by atoms with Crippen molar-refractivity contribution in [2.24, 2.45) is 5.92 Å². The number of aryl methyl sites for hydroxylation is 1. The van der Waals surface area contributed by atoms with Gasteiger partial charge in [-0.2, -0.15) is 0 Å². The minimum absolute atomic E-state index is 0.127. The summed E-state index contributed by atoms with van der Waals surface area (Å²) >= 11 is 0. The number of hydrogen-bond donors (Lipinski definition) is 0. The maximum absolute atomic E-state index is 12.7. The van der Waals surface area contributed by atoms with Gasteiger partial charge in [0.2, 0.25) is 0 Å². The highest BCUT2D eigenvalue weighted by Crippen LogP contribution is 2.22. The molecule has 1 aliphatic heterocycles. The molecule has 1 fully saturated rings. The molecule has 0 aromatic heterocycles. The fourth-order valence-electron chi connectivity index (χ4n) is 4.05. The number of hydrogen-bond acceptors (Lipinski definition) is 3. The Hall–Kier alpha value is -2.33. The van der Waals surface area contributed by atoms with Crippen LogP contribution in [0.5, 0.6) is 5.75 Å². The van der Waals surface area contributed by atoms with Gasteiger partial charge < -0.3 is 14.5 Å². The zero-order chi connectivity index (χ0) is 19.9. The molecule has 0 bridgehead atoms. The number of para-hydroxylation sites is 1. The van der Waals surface area contributed by atoms with E-state index in [0.29, 0.717) is 5.92 Å². The lowest BCUT2D eigenvalue weighted by molar-refractivity contribution is 0.0740. The van der Waals surface area contributed by atoms with Crippen molar-refractivity contribution in [1.82, 2.24) is 9.80 Å². The summed E-state index contributed by atoms with van der Waals surface area (Å²) in [5.41, 5.74) is 3.19. The van der Waals surface area contributed by atoms with Crippen LogP contribution in [0.2, 0.25) is 0 Å². The van der Waals surface area contributed by atoms with Crippen molar-refractivity contribution >= 4 is 5.91 Å². The third kappa shape index (κ3) is 5.35. The summed E-state index contributed by atoms with van der Waals surface area (Å²) in [5, 5.41) is 0. The third-order valence-corrected chi connectivity index (χ3v) is 5.74. The molecular weight excluding hydrogens is 348 g/mol. The highest BCUT2D eigenvalue weighted by molar-refractivity contribution is 5.94. The number of amides is 1. The Kier molecular flexibility index (Phi) is 7.10. The Morgan fingerprint density at radius 1 is 1.14 bits per heavy atom. The van der Waals surface area contributed by atoms with Gasteiger partial charge >= 0.3 is 0 Å². The predicted octanol–water partition coefficient (Wildman–Crippen LogP) is 4.03. The fourth-order valence-corrected chi connectivity index (χ4v) is 4.05. The van der Waals surface area contributed by atoms with Gasteiger partial charge in [-0.25, -0.2) is 0 Å². The molecule has 0 unspecified atom stereocenters. The van der Waals surface area contributed by atoms with Crippen LogP contribution in [-0.4, -0.2) is 56.0 Å². The van der Waals surface area contributed by atoms with Gasteiger partial charge in [0.05, 0.1) is 7.11 Å². The number of nitrogens with zero attached hydrogens (tertiary/aromatic N) is 2. The quantitative estimate of drug-likeness (QED) is 0.727. The van der Waals surface area contributed by atoms with Crippen LogP contribution in [0.3, 0.4) is 0 Å². The average Bonchev–Trinajstić information content (AvgIpc) is 2.73. The molecule has 4 heteroatoms. The molecule has 0 saturated carbocycles. The van der Waals surface area contributed by atoms with Crippen LogP contribution in [0.4, 0.5) is 0 Å². The second-order valence-electron chi connectivity index (χ2n) is 7.90. The van der Waals surface area contributed by atoms with E-state index >= 15 is 0 Å². The molecule has 1 amide bonds. The van der Waals surface area contributed by atoms with Crippen LogP contribution in [-0.2, 0) is 6.42 Å². The standard InChI is InChI=1S/C24H32N2O2/c1-19-7-6-9-22(17-19)24(27)25(2)18-20-11-14-26(15-12-20)16-13-21-8-4-5-10-23(21)28-3/h4-10,17,20H,11-16,18H2,1-3H3. The largest absolute Gasteiger partial charge is 0.496 e. The number of piperidine rings is 1. The van der Waals surface area contributed by atoms with Crippen LogP contribution in [0, 0.1) is 12.8 Å². The molecule has 1 aliphatic rings. The number of rotatable bonds is 7. The van der Waals surface area contributed by atoms with Gasteiger partial charge in [-0.1, -0.05) is 35.9 Å². The Balaban J connectivity index is 1.44. The van der Waals surface area contributed by atoms with Crippen molar-refractivity contribution < 1.29 is 9.53 Å². The van der Waals surface area contributed by atoms with Crippen LogP contribution in [0.1, 0.15) is 34.3 Å². The van der Waals surface area contributed by atoms with Crippen molar-refractivity contribution in [1.29, 1.82) is 0 Å². The van der Waals surface area contributed by atoms with E-state index in [2.05, 4.69) is 17.0 Å². The zero-order valence-electron chi connectivity index (χ0n) is 17.4. The van der Waals surface area contributed by atoms with E-state index in [1.165, 1.54) is 5.56 Å². The molecule has 0 N–H and O–H groups in total. The molecule has 2 aromatic rings. The fraction of sp³-hybridized carbons (Fsp3) is 0.458. The SMILES string of the molecule is COc1ccccc1CCN1CCC(CN(C)C(=O)c2cccc(C)c2)CC1. The molecule has 1 saturated heterocycles. The lowest BCUT2D eigenvalue weighted by Crippen LogP contribution is -2.40. The Bertz CT molecular complexity index is 782. The number of likely N-dealkylation sites (tertiary alicyclic amines) is 1. The van der Waals surface area contributed by atoms with E-state index < -0.39 is 0 Å². The van der Waals surface area contributed by atoms with Crippen LogP contribution >= 0.6 is 0 Å². The summed E-state index contributed by atoms with van der Waals surface area (Å²) in [7, 11) is 3.66. The first-order chi connectivity index (χ1) is 13.6. The number of methoxy groups -OCH3 is 1. The summed E-state index contributed by atoms with van der Waals surface area (Å²) in [6.45, 7) is 6.13. The monoisotopic (exact) mass is 380 g/mol. The Morgan fingerprint density at radius 3 is 2.61 bits per heavy atom. The smallest absolute Gasteiger partial charge is 0.253 e. The van der Waals surface area contributed by atoms with Crippen molar-refractivity contribution in [2.75, 3.05) is 40.3 Å². The summed E-state index contributed by atoms with van der Waals surface area (Å²) in [6.07, 6.45) is 3.31. The van der Waals surface area contributed by atoms with Gasteiger partial charge in [0, 0.05) is 25.7 Å². The topological polar surface area (TPSA) is 32.8 Å². The average molecular weight is 381 g/mol. The summed E-state index contributed by atoms with van der Waals surface area (Å²) in [6, 6.07) is 16.1. The zero-order valence-corrected chi connectivity index (χ0v) is 17.4. The minimum atomic E-state index is 0.127. The second kappa shape index (κ2) is 9.74. The number of carbonyl (C=O) groups is 1. The number of benzene rings is 2. The van der Waals surface area contributed by atoms with Gasteiger partial charge in [0.15, 0.2) is 0 Å². The molecule has 150 valence electrons. The molecule has 1 heterocycles. The third-order valence-electron chi connectivity index (χ3n) is 5.74. The van der Waals surface area contributed by atoms with E-state index in [9.17, 15) is 4.79 Å². The first kappa shape index (κ1) is 20.4. The van der Waals surface area contributed by atoms with Crippen LogP contribution in [0.15, 0.2) is 48.5 Å². The van der Waals surface area contributed by atoms with E-state index in [1.807, 2.05) is 55.3 Å². The molecule has 0 atom stereocenters. The second-order valence-corrected chi connectivity index (χ2v) is 7.90. The Labute approximate surface area is 169 Å². The van der Waals surface area contributed by atoms with Crippen molar-refractivity contribution in [3.63, 3.8) is 0 Å². The first-order valence-corrected chi connectivity index (χ1v) is 10.2. The molecule has 2 aromatic carbocycles. The van der Waals surface area contributed by atoms with Gasteiger partial charge in [-0.05, 0) is 69.0 Å². The normalized spacial score (nSPS) is 15.4. The van der Waals surface area contributed by atoms with Crippen LogP contribution < -0.4 is 4.74 Å². The van der Waals surface area contributed by atoms with Gasteiger partial charge in [0.25, 0.3) is 5.91 Å². The summed E-state index contributed by atoms with van der Waals surface area (Å²) < 4.78 is 5.46. The van der Waals surface area contributed by atoms with E-state index in [-0.39, 0.29) is 5.91 Å². The predicted molar refractivity (Wildman–Crippen MR) is 114 cm³/mol. The van der Waals surface area contributed by atoms with Crippen molar-refractivity contribution in [3.8, 4) is 5.75 Å². The van der Waals surface area contributed by atoms with Gasteiger partial charge in [0.1, 0.15) is 5.75 Å². The summed E-state index contributed by atoms with van der Waals surface area (Å²) in [4.78, 5) is 17.1. The molecule has 0 spiro atoms. The van der Waals surface area contributed by atoms with Crippen LogP contribution in [0.25, 0.3) is 0 Å². The van der Waals surface area contributed by atoms with E-state index in [4.69, 9.17) is 4.74 Å². The maximum Gasteiger partial charge on any atom is 0.253 e. The van der Waals surface area contributed by atoms with Gasteiger partial charge in [-0.15, -0.1) is 0 Å². The molecule has 28 heavy (non-hydrogen) atoms. The number of ether oxygens (including phenoxy) is 1. The molecule has 3 rings (SSSR count). The molecule has 0 aliphatic carbocycles. The summed E-state index contributed by atoms with van der Waals surface area (Å²) in [5.74, 6) is 1.69. The Morgan fingerprint density at radius 2 is 1.89 bits per heavy atom. The lowest BCUT2D eigenvalue weighted by atomic mass is 9.95. The highest BCUT2D eigenvalue weighted by Gasteiger charge is 2.22. The van der Waals surface area contributed by atoms with E-state index in [0.717, 1.165) is 62.3 Å². The molecule has 4 nitrogen and oxygen atoms in total. The van der Waals surface area contributed by atoms with Crippen molar-refractivity contribution in [3.05, 3.63) is 65.2 Å². The first-order valence-electron chi connectivity index (χ1n) is 10.2. The molecular formula is C24H32N2O2. The van der Waals surface area contributed by atoms with Gasteiger partial charge in [-0.3, -0.25) is 4.79 Å². The van der Waals surface area contributed by atoms with Crippen molar-refractivity contribution in [2.45, 2.75) is 26.2 Å².